The van der Waals surface area contributed by atoms with Gasteiger partial charge in [0.1, 0.15) is 5.00 Å². The van der Waals surface area contributed by atoms with Gasteiger partial charge in [-0.1, -0.05) is 0 Å². The quantitative estimate of drug-likeness (QED) is 0.583. The highest BCUT2D eigenvalue weighted by Gasteiger charge is 2.32. The average molecular weight is 429 g/mol. The number of amides is 3. The van der Waals surface area contributed by atoms with Crippen LogP contribution in [0.25, 0.3) is 0 Å². The summed E-state index contributed by atoms with van der Waals surface area (Å²) >= 11 is 1.31. The number of hydrogen-bond donors (Lipinski definition) is 3. The van der Waals surface area contributed by atoms with Gasteiger partial charge in [0, 0.05) is 22.0 Å². The van der Waals surface area contributed by atoms with Crippen LogP contribution < -0.4 is 16.4 Å². The van der Waals surface area contributed by atoms with Crippen molar-refractivity contribution in [3.8, 4) is 0 Å². The largest absolute Gasteiger partial charge is 0.449 e. The molecule has 3 rings (SSSR count). The molecule has 0 aliphatic heterocycles. The summed E-state index contributed by atoms with van der Waals surface area (Å²) in [6.07, 6.45) is 0.638. The third-order valence-electron chi connectivity index (χ3n) is 4.86. The first-order chi connectivity index (χ1) is 14.2. The third-order valence-corrected chi connectivity index (χ3v) is 5.99. The number of esters is 1. The molecule has 1 aliphatic rings. The molecule has 1 unspecified atom stereocenters. The van der Waals surface area contributed by atoms with Gasteiger partial charge in [-0.2, -0.15) is 0 Å². The summed E-state index contributed by atoms with van der Waals surface area (Å²) in [6.45, 7) is 5.09. The number of rotatable bonds is 7. The Kier molecular flexibility index (Phi) is 6.21. The van der Waals surface area contributed by atoms with Crippen molar-refractivity contribution in [2.75, 3.05) is 10.6 Å². The minimum Gasteiger partial charge on any atom is -0.449 e. The Hall–Kier alpha value is -3.20. The molecular formula is C21H23N3O5S. The first-order valence-corrected chi connectivity index (χ1v) is 10.3. The van der Waals surface area contributed by atoms with Gasteiger partial charge in [-0.15, -0.1) is 11.3 Å². The van der Waals surface area contributed by atoms with Gasteiger partial charge in [0.25, 0.3) is 5.91 Å². The summed E-state index contributed by atoms with van der Waals surface area (Å²) < 4.78 is 5.36. The summed E-state index contributed by atoms with van der Waals surface area (Å²) in [4.78, 5) is 49.3. The zero-order valence-corrected chi connectivity index (χ0v) is 17.7. The fourth-order valence-corrected chi connectivity index (χ4v) is 3.81. The van der Waals surface area contributed by atoms with Crippen LogP contribution in [0.15, 0.2) is 24.3 Å². The van der Waals surface area contributed by atoms with Crippen LogP contribution in [-0.2, 0) is 14.3 Å². The van der Waals surface area contributed by atoms with Crippen LogP contribution in [0.3, 0.4) is 0 Å². The number of aryl methyl sites for hydroxylation is 1. The maximum absolute atomic E-state index is 12.8. The number of thiophene rings is 1. The molecule has 9 heteroatoms. The second-order valence-corrected chi connectivity index (χ2v) is 8.45. The molecule has 0 saturated heterocycles. The number of carbonyl (C=O) groups is 4. The van der Waals surface area contributed by atoms with E-state index in [1.807, 2.05) is 6.92 Å². The molecule has 1 aromatic heterocycles. The molecule has 4 N–H and O–H groups in total. The molecule has 3 amide bonds. The molecule has 1 heterocycles. The molecule has 8 nitrogen and oxygen atoms in total. The zero-order valence-electron chi connectivity index (χ0n) is 16.9. The van der Waals surface area contributed by atoms with E-state index in [1.165, 1.54) is 42.5 Å². The van der Waals surface area contributed by atoms with Crippen molar-refractivity contribution >= 4 is 45.7 Å². The molecule has 0 bridgehead atoms. The van der Waals surface area contributed by atoms with E-state index in [1.54, 1.807) is 6.92 Å². The maximum Gasteiger partial charge on any atom is 0.342 e. The smallest absolute Gasteiger partial charge is 0.342 e. The first-order valence-electron chi connectivity index (χ1n) is 9.50. The number of primary amides is 1. The van der Waals surface area contributed by atoms with E-state index in [0.29, 0.717) is 21.8 Å². The van der Waals surface area contributed by atoms with Crippen molar-refractivity contribution in [1.29, 1.82) is 0 Å². The predicted molar refractivity (Wildman–Crippen MR) is 114 cm³/mol. The van der Waals surface area contributed by atoms with E-state index in [-0.39, 0.29) is 17.4 Å². The van der Waals surface area contributed by atoms with E-state index in [4.69, 9.17) is 10.5 Å². The average Bonchev–Trinajstić information content (AvgIpc) is 3.49. The Balaban J connectivity index is 1.66. The standard InChI is InChI=1S/C21H23N3O5S/c1-10-12(3)30-20(24-19(27)14-4-5-14)16(10)21(28)29-11(2)18(26)23-15-8-6-13(7-9-15)17(22)25/h6-9,11,14H,4-5H2,1-3H3,(H2,22,25)(H,23,26)(H,24,27). The number of nitrogens with one attached hydrogen (secondary N) is 2. The van der Waals surface area contributed by atoms with Crippen LogP contribution in [0.5, 0.6) is 0 Å². The number of benzene rings is 1. The lowest BCUT2D eigenvalue weighted by molar-refractivity contribution is -0.123. The summed E-state index contributed by atoms with van der Waals surface area (Å²) in [7, 11) is 0. The monoisotopic (exact) mass is 429 g/mol. The van der Waals surface area contributed by atoms with Crippen LogP contribution in [0.2, 0.25) is 0 Å². The lowest BCUT2D eigenvalue weighted by Crippen LogP contribution is -2.30. The van der Waals surface area contributed by atoms with Crippen LogP contribution in [-0.4, -0.2) is 29.8 Å². The maximum atomic E-state index is 12.8. The van der Waals surface area contributed by atoms with Gasteiger partial charge in [-0.3, -0.25) is 14.4 Å². The molecular weight excluding hydrogens is 406 g/mol. The molecule has 1 aromatic carbocycles. The van der Waals surface area contributed by atoms with Crippen LogP contribution in [0.1, 0.15) is 50.9 Å². The van der Waals surface area contributed by atoms with Crippen molar-refractivity contribution in [2.45, 2.75) is 39.7 Å². The van der Waals surface area contributed by atoms with Crippen LogP contribution in [0.4, 0.5) is 10.7 Å². The van der Waals surface area contributed by atoms with Gasteiger partial charge in [-0.05, 0) is 63.4 Å². The van der Waals surface area contributed by atoms with Gasteiger partial charge < -0.3 is 21.1 Å². The Morgan fingerprint density at radius 1 is 1.10 bits per heavy atom. The summed E-state index contributed by atoms with van der Waals surface area (Å²) in [6, 6.07) is 6.04. The molecule has 1 saturated carbocycles. The molecule has 1 fully saturated rings. The SMILES string of the molecule is Cc1sc(NC(=O)C2CC2)c(C(=O)OC(C)C(=O)Nc2ccc(C(N)=O)cc2)c1C. The van der Waals surface area contributed by atoms with E-state index >= 15 is 0 Å². The molecule has 158 valence electrons. The van der Waals surface area contributed by atoms with Crippen molar-refractivity contribution in [1.82, 2.24) is 0 Å². The Labute approximate surface area is 177 Å². The van der Waals surface area contributed by atoms with Crippen molar-refractivity contribution < 1.29 is 23.9 Å². The Bertz CT molecular complexity index is 1010. The summed E-state index contributed by atoms with van der Waals surface area (Å²) in [5.41, 5.74) is 6.93. The lowest BCUT2D eigenvalue weighted by atomic mass is 10.1. The predicted octanol–water partition coefficient (Wildman–Crippen LogP) is 3.00. The van der Waals surface area contributed by atoms with Crippen LogP contribution >= 0.6 is 11.3 Å². The number of hydrogen-bond acceptors (Lipinski definition) is 6. The van der Waals surface area contributed by atoms with E-state index in [0.717, 1.165) is 17.7 Å². The zero-order chi connectivity index (χ0) is 22.0. The van der Waals surface area contributed by atoms with E-state index < -0.39 is 23.9 Å². The normalized spacial score (nSPS) is 14.0. The van der Waals surface area contributed by atoms with Gasteiger partial charge in [-0.25, -0.2) is 4.79 Å². The highest BCUT2D eigenvalue weighted by Crippen LogP contribution is 2.36. The molecule has 30 heavy (non-hydrogen) atoms. The van der Waals surface area contributed by atoms with Crippen molar-refractivity contribution in [3.63, 3.8) is 0 Å². The number of carbonyl (C=O) groups excluding carboxylic acids is 4. The second-order valence-electron chi connectivity index (χ2n) is 7.23. The van der Waals surface area contributed by atoms with Gasteiger partial charge in [0.2, 0.25) is 11.8 Å². The number of ether oxygens (including phenoxy) is 1. The minimum absolute atomic E-state index is 0.00207. The van der Waals surface area contributed by atoms with Gasteiger partial charge >= 0.3 is 5.97 Å². The number of anilines is 2. The molecule has 1 atom stereocenters. The highest BCUT2D eigenvalue weighted by atomic mass is 32.1. The number of nitrogens with two attached hydrogens (primary N) is 1. The fraction of sp³-hybridized carbons (Fsp3) is 0.333. The molecule has 0 radical (unpaired) electrons. The second kappa shape index (κ2) is 8.66. The summed E-state index contributed by atoms with van der Waals surface area (Å²) in [5, 5.41) is 5.88. The van der Waals surface area contributed by atoms with E-state index in [2.05, 4.69) is 10.6 Å². The Morgan fingerprint density at radius 3 is 2.30 bits per heavy atom. The fourth-order valence-electron chi connectivity index (χ4n) is 2.76. The van der Waals surface area contributed by atoms with Crippen LogP contribution in [0, 0.1) is 19.8 Å². The minimum atomic E-state index is -1.07. The topological polar surface area (TPSA) is 128 Å². The van der Waals surface area contributed by atoms with Crippen molar-refractivity contribution in [2.24, 2.45) is 11.7 Å². The van der Waals surface area contributed by atoms with Crippen molar-refractivity contribution in [3.05, 3.63) is 45.8 Å². The van der Waals surface area contributed by atoms with Gasteiger partial charge in [0.05, 0.1) is 5.56 Å². The third kappa shape index (κ3) is 4.85. The highest BCUT2D eigenvalue weighted by molar-refractivity contribution is 7.16. The molecule has 0 spiro atoms. The molecule has 1 aliphatic carbocycles. The molecule has 2 aromatic rings. The summed E-state index contributed by atoms with van der Waals surface area (Å²) in [5.74, 6) is -1.86. The lowest BCUT2D eigenvalue weighted by Gasteiger charge is -2.14. The Morgan fingerprint density at radius 2 is 1.73 bits per heavy atom. The van der Waals surface area contributed by atoms with Gasteiger partial charge in [0.15, 0.2) is 6.10 Å². The first kappa shape index (κ1) is 21.5. The van der Waals surface area contributed by atoms with E-state index in [9.17, 15) is 19.2 Å².